The van der Waals surface area contributed by atoms with E-state index in [2.05, 4.69) is 40.1 Å². The summed E-state index contributed by atoms with van der Waals surface area (Å²) in [7, 11) is 0. The first-order chi connectivity index (χ1) is 9.61. The maximum Gasteiger partial charge on any atom is 0.270 e. The van der Waals surface area contributed by atoms with Crippen molar-refractivity contribution in [1.29, 1.82) is 0 Å². The van der Waals surface area contributed by atoms with Gasteiger partial charge in [0, 0.05) is 23.0 Å². The van der Waals surface area contributed by atoms with Gasteiger partial charge in [-0.15, -0.1) is 0 Å². The molecule has 0 radical (unpaired) electrons. The van der Waals surface area contributed by atoms with Crippen LogP contribution in [0.1, 0.15) is 30.8 Å². The van der Waals surface area contributed by atoms with Crippen molar-refractivity contribution in [3.05, 3.63) is 42.2 Å². The number of nitrogens with zero attached hydrogens (tertiary/aromatic N) is 1. The van der Waals surface area contributed by atoms with Crippen LogP contribution in [0.2, 0.25) is 0 Å². The molecule has 20 heavy (non-hydrogen) atoms. The molecule has 106 valence electrons. The fraction of sp³-hybridized carbons (Fsp3) is 0.375. The summed E-state index contributed by atoms with van der Waals surface area (Å²) in [6.45, 7) is 4.30. The molecule has 0 saturated heterocycles. The number of rotatable bonds is 5. The number of hydrogen-bond acceptors (Lipinski definition) is 2. The molecule has 0 aliphatic heterocycles. The molecule has 1 N–H and O–H groups in total. The van der Waals surface area contributed by atoms with Crippen molar-refractivity contribution < 1.29 is 4.79 Å². The summed E-state index contributed by atoms with van der Waals surface area (Å²) in [6.07, 6.45) is 2.63. The Morgan fingerprint density at radius 3 is 2.75 bits per heavy atom. The monoisotopic (exact) mass is 334 g/mol. The molecule has 0 spiro atoms. The lowest BCUT2D eigenvalue weighted by Gasteiger charge is -2.18. The number of fused-ring (bicyclic) bond motifs is 1. The Morgan fingerprint density at radius 1 is 1.30 bits per heavy atom. The predicted octanol–water partition coefficient (Wildman–Crippen LogP) is 3.77. The maximum absolute atomic E-state index is 12.4. The Labute approximate surface area is 127 Å². The summed E-state index contributed by atoms with van der Waals surface area (Å²) in [5.41, 5.74) is 0.498. The molecule has 0 fully saturated rings. The molecule has 1 heterocycles. The first-order valence-electron chi connectivity index (χ1n) is 6.82. The quantitative estimate of drug-likeness (QED) is 0.845. The topological polar surface area (TPSA) is 42.0 Å². The molecule has 4 heteroatoms. The van der Waals surface area contributed by atoms with Crippen molar-refractivity contribution in [2.24, 2.45) is 5.92 Å². The highest BCUT2D eigenvalue weighted by Crippen LogP contribution is 2.17. The number of halogens is 1. The van der Waals surface area contributed by atoms with Gasteiger partial charge in [-0.2, -0.15) is 0 Å². The van der Waals surface area contributed by atoms with Gasteiger partial charge in [0.1, 0.15) is 5.69 Å². The first-order valence-corrected chi connectivity index (χ1v) is 7.94. The SMILES string of the molecule is CC(C)CC(CBr)NC(=O)c1nccc2ccccc12. The van der Waals surface area contributed by atoms with E-state index in [1.807, 2.05) is 30.3 Å². The van der Waals surface area contributed by atoms with Crippen LogP contribution in [0, 0.1) is 5.92 Å². The minimum absolute atomic E-state index is 0.105. The summed E-state index contributed by atoms with van der Waals surface area (Å²) in [5.74, 6) is 0.435. The minimum Gasteiger partial charge on any atom is -0.347 e. The summed E-state index contributed by atoms with van der Waals surface area (Å²) < 4.78 is 0. The Kier molecular flexibility index (Phi) is 5.12. The lowest BCUT2D eigenvalue weighted by atomic mass is 10.0. The van der Waals surface area contributed by atoms with Crippen LogP contribution in [0.3, 0.4) is 0 Å². The average Bonchev–Trinajstić information content (AvgIpc) is 2.45. The second-order valence-corrected chi connectivity index (χ2v) is 5.98. The second-order valence-electron chi connectivity index (χ2n) is 5.33. The molecule has 3 nitrogen and oxygen atoms in total. The Morgan fingerprint density at radius 2 is 2.05 bits per heavy atom. The molecular weight excluding hydrogens is 316 g/mol. The van der Waals surface area contributed by atoms with Gasteiger partial charge in [-0.3, -0.25) is 9.78 Å². The van der Waals surface area contributed by atoms with Crippen LogP contribution >= 0.6 is 15.9 Å². The van der Waals surface area contributed by atoms with Crippen molar-refractivity contribution in [1.82, 2.24) is 10.3 Å². The molecule has 0 aliphatic carbocycles. The van der Waals surface area contributed by atoms with Gasteiger partial charge in [0.05, 0.1) is 0 Å². The fourth-order valence-electron chi connectivity index (χ4n) is 2.28. The van der Waals surface area contributed by atoms with Crippen molar-refractivity contribution in [3.63, 3.8) is 0 Å². The first kappa shape index (κ1) is 15.0. The molecule has 2 aromatic rings. The number of amides is 1. The predicted molar refractivity (Wildman–Crippen MR) is 86.2 cm³/mol. The molecule has 1 atom stereocenters. The zero-order chi connectivity index (χ0) is 14.5. The molecule has 1 amide bonds. The number of alkyl halides is 1. The van der Waals surface area contributed by atoms with Crippen molar-refractivity contribution in [2.45, 2.75) is 26.3 Å². The van der Waals surface area contributed by atoms with E-state index in [0.29, 0.717) is 11.6 Å². The molecule has 0 saturated carbocycles. The highest BCUT2D eigenvalue weighted by Gasteiger charge is 2.16. The van der Waals surface area contributed by atoms with Crippen molar-refractivity contribution in [3.8, 4) is 0 Å². The van der Waals surface area contributed by atoms with Crippen molar-refractivity contribution >= 4 is 32.6 Å². The lowest BCUT2D eigenvalue weighted by Crippen LogP contribution is -2.37. The third-order valence-electron chi connectivity index (χ3n) is 3.17. The molecule has 2 rings (SSSR count). The Balaban J connectivity index is 2.23. The van der Waals surface area contributed by atoms with Crippen LogP contribution in [0.25, 0.3) is 10.8 Å². The summed E-state index contributed by atoms with van der Waals surface area (Å²) >= 11 is 3.46. The summed E-state index contributed by atoms with van der Waals surface area (Å²) in [6, 6.07) is 9.86. The third kappa shape index (κ3) is 3.57. The van der Waals surface area contributed by atoms with Crippen LogP contribution < -0.4 is 5.32 Å². The lowest BCUT2D eigenvalue weighted by molar-refractivity contribution is 0.0934. The van der Waals surface area contributed by atoms with E-state index in [4.69, 9.17) is 0 Å². The number of aromatic nitrogens is 1. The number of carbonyl (C=O) groups is 1. The van der Waals surface area contributed by atoms with E-state index in [1.54, 1.807) is 6.20 Å². The molecular formula is C16H19BrN2O. The molecule has 0 aliphatic rings. The fourth-order valence-corrected chi connectivity index (χ4v) is 2.71. The Hall–Kier alpha value is -1.42. The van der Waals surface area contributed by atoms with Gasteiger partial charge in [-0.25, -0.2) is 0 Å². The Bertz CT molecular complexity index is 593. The van der Waals surface area contributed by atoms with Gasteiger partial charge in [-0.05, 0) is 23.8 Å². The normalized spacial score (nSPS) is 12.6. The largest absolute Gasteiger partial charge is 0.347 e. The zero-order valence-electron chi connectivity index (χ0n) is 11.8. The maximum atomic E-state index is 12.4. The standard InChI is InChI=1S/C16H19BrN2O/c1-11(2)9-13(10-17)19-16(20)15-14-6-4-3-5-12(14)7-8-18-15/h3-8,11,13H,9-10H2,1-2H3,(H,19,20). The van der Waals surface area contributed by atoms with Crippen LogP contribution in [0.4, 0.5) is 0 Å². The smallest absolute Gasteiger partial charge is 0.270 e. The highest BCUT2D eigenvalue weighted by molar-refractivity contribution is 9.09. The van der Waals surface area contributed by atoms with Crippen LogP contribution in [0.5, 0.6) is 0 Å². The van der Waals surface area contributed by atoms with Gasteiger partial charge < -0.3 is 5.32 Å². The number of hydrogen-bond donors (Lipinski definition) is 1. The van der Waals surface area contributed by atoms with Gasteiger partial charge in [-0.1, -0.05) is 54.0 Å². The van der Waals surface area contributed by atoms with Gasteiger partial charge >= 0.3 is 0 Å². The number of pyridine rings is 1. The zero-order valence-corrected chi connectivity index (χ0v) is 13.4. The van der Waals surface area contributed by atoms with E-state index in [-0.39, 0.29) is 11.9 Å². The minimum atomic E-state index is -0.105. The van der Waals surface area contributed by atoms with Crippen molar-refractivity contribution in [2.75, 3.05) is 5.33 Å². The average molecular weight is 335 g/mol. The van der Waals surface area contributed by atoms with E-state index >= 15 is 0 Å². The summed E-state index contributed by atoms with van der Waals surface area (Å²) in [5, 5.41) is 5.74. The van der Waals surface area contributed by atoms with Gasteiger partial charge in [0.15, 0.2) is 0 Å². The van der Waals surface area contributed by atoms with Crippen LogP contribution in [-0.4, -0.2) is 22.3 Å². The van der Waals surface area contributed by atoms with Crippen LogP contribution in [-0.2, 0) is 0 Å². The summed E-state index contributed by atoms with van der Waals surface area (Å²) in [4.78, 5) is 16.7. The van der Waals surface area contributed by atoms with E-state index in [0.717, 1.165) is 22.5 Å². The molecule has 1 unspecified atom stereocenters. The third-order valence-corrected chi connectivity index (χ3v) is 3.95. The van der Waals surface area contributed by atoms with E-state index in [9.17, 15) is 4.79 Å². The van der Waals surface area contributed by atoms with Gasteiger partial charge in [0.25, 0.3) is 5.91 Å². The number of nitrogens with one attached hydrogen (secondary N) is 1. The molecule has 1 aromatic heterocycles. The second kappa shape index (κ2) is 6.84. The van der Waals surface area contributed by atoms with Crippen LogP contribution in [0.15, 0.2) is 36.5 Å². The van der Waals surface area contributed by atoms with E-state index < -0.39 is 0 Å². The van der Waals surface area contributed by atoms with Gasteiger partial charge in [0.2, 0.25) is 0 Å². The molecule has 0 bridgehead atoms. The van der Waals surface area contributed by atoms with E-state index in [1.165, 1.54) is 0 Å². The molecule has 1 aromatic carbocycles. The highest BCUT2D eigenvalue weighted by atomic mass is 79.9. The number of carbonyl (C=O) groups excluding carboxylic acids is 1. The number of benzene rings is 1.